The molecule has 0 amide bonds. The Balaban J connectivity index is 3.70. The second-order valence-electron chi connectivity index (χ2n) is 4.36. The van der Waals surface area contributed by atoms with Crippen LogP contribution < -0.4 is 5.73 Å². The molecule has 0 saturated heterocycles. The molecule has 0 bridgehead atoms. The molecular formula is C11H25N. The van der Waals surface area contributed by atoms with Gasteiger partial charge in [-0.15, -0.1) is 0 Å². The van der Waals surface area contributed by atoms with Gasteiger partial charge in [0.2, 0.25) is 0 Å². The minimum absolute atomic E-state index is 0.370. The molecule has 0 aliphatic heterocycles. The third kappa shape index (κ3) is 5.59. The Morgan fingerprint density at radius 2 is 1.75 bits per heavy atom. The Hall–Kier alpha value is -0.0400. The third-order valence-corrected chi connectivity index (χ3v) is 2.55. The summed E-state index contributed by atoms with van der Waals surface area (Å²) >= 11 is 0. The van der Waals surface area contributed by atoms with Gasteiger partial charge in [0.05, 0.1) is 0 Å². The van der Waals surface area contributed by atoms with E-state index in [1.165, 1.54) is 25.7 Å². The fourth-order valence-corrected chi connectivity index (χ4v) is 1.67. The van der Waals surface area contributed by atoms with Crippen LogP contribution in [-0.2, 0) is 0 Å². The first-order valence-corrected chi connectivity index (χ1v) is 5.33. The number of rotatable bonds is 6. The van der Waals surface area contributed by atoms with E-state index in [9.17, 15) is 0 Å². The van der Waals surface area contributed by atoms with Gasteiger partial charge in [-0.05, 0) is 25.2 Å². The van der Waals surface area contributed by atoms with Gasteiger partial charge in [0.1, 0.15) is 0 Å². The molecule has 0 aromatic carbocycles. The highest BCUT2D eigenvalue weighted by atomic mass is 14.6. The average Bonchev–Trinajstić information content (AvgIpc) is 1.96. The zero-order valence-corrected chi connectivity index (χ0v) is 9.14. The highest BCUT2D eigenvalue weighted by Crippen LogP contribution is 2.22. The van der Waals surface area contributed by atoms with Crippen molar-refractivity contribution in [2.75, 3.05) is 0 Å². The SMILES string of the molecule is CCCCC(CC(C)N)C(C)C. The van der Waals surface area contributed by atoms with Crippen molar-refractivity contribution in [2.45, 2.75) is 59.4 Å². The number of hydrogen-bond acceptors (Lipinski definition) is 1. The summed E-state index contributed by atoms with van der Waals surface area (Å²) in [7, 11) is 0. The largest absolute Gasteiger partial charge is 0.328 e. The Morgan fingerprint density at radius 3 is 2.08 bits per heavy atom. The van der Waals surface area contributed by atoms with E-state index >= 15 is 0 Å². The van der Waals surface area contributed by atoms with Gasteiger partial charge in [-0.1, -0.05) is 40.0 Å². The first kappa shape index (κ1) is 12.0. The van der Waals surface area contributed by atoms with E-state index in [4.69, 9.17) is 5.73 Å². The first-order valence-electron chi connectivity index (χ1n) is 5.33. The smallest absolute Gasteiger partial charge is 0.00132 e. The van der Waals surface area contributed by atoms with Gasteiger partial charge in [0.15, 0.2) is 0 Å². The monoisotopic (exact) mass is 171 g/mol. The molecule has 2 unspecified atom stereocenters. The van der Waals surface area contributed by atoms with E-state index in [1.54, 1.807) is 0 Å². The van der Waals surface area contributed by atoms with Crippen LogP contribution in [0.3, 0.4) is 0 Å². The second kappa shape index (κ2) is 6.47. The van der Waals surface area contributed by atoms with Crippen molar-refractivity contribution in [1.82, 2.24) is 0 Å². The van der Waals surface area contributed by atoms with Gasteiger partial charge in [-0.25, -0.2) is 0 Å². The summed E-state index contributed by atoms with van der Waals surface area (Å²) in [5.74, 6) is 1.63. The van der Waals surface area contributed by atoms with E-state index in [0.717, 1.165) is 11.8 Å². The Kier molecular flexibility index (Phi) is 6.45. The van der Waals surface area contributed by atoms with Crippen LogP contribution in [0.1, 0.15) is 53.4 Å². The first-order chi connectivity index (χ1) is 5.57. The van der Waals surface area contributed by atoms with Gasteiger partial charge in [-0.3, -0.25) is 0 Å². The van der Waals surface area contributed by atoms with E-state index in [1.807, 2.05) is 0 Å². The van der Waals surface area contributed by atoms with Crippen LogP contribution in [0.25, 0.3) is 0 Å². The summed E-state index contributed by atoms with van der Waals surface area (Å²) in [6, 6.07) is 0.370. The van der Waals surface area contributed by atoms with E-state index < -0.39 is 0 Å². The lowest BCUT2D eigenvalue weighted by Crippen LogP contribution is -2.22. The normalized spacial score (nSPS) is 16.5. The van der Waals surface area contributed by atoms with E-state index in [2.05, 4.69) is 27.7 Å². The Labute approximate surface area is 77.7 Å². The number of unbranched alkanes of at least 4 members (excludes halogenated alkanes) is 1. The van der Waals surface area contributed by atoms with Gasteiger partial charge in [0, 0.05) is 6.04 Å². The maximum atomic E-state index is 5.80. The van der Waals surface area contributed by atoms with E-state index in [0.29, 0.717) is 6.04 Å². The summed E-state index contributed by atoms with van der Waals surface area (Å²) in [4.78, 5) is 0. The van der Waals surface area contributed by atoms with Crippen LogP contribution in [0.5, 0.6) is 0 Å². The van der Waals surface area contributed by atoms with Crippen molar-refractivity contribution >= 4 is 0 Å². The van der Waals surface area contributed by atoms with Crippen molar-refractivity contribution in [3.05, 3.63) is 0 Å². The van der Waals surface area contributed by atoms with Gasteiger partial charge >= 0.3 is 0 Å². The molecule has 12 heavy (non-hydrogen) atoms. The second-order valence-corrected chi connectivity index (χ2v) is 4.36. The molecule has 0 rings (SSSR count). The zero-order chi connectivity index (χ0) is 9.56. The molecule has 0 aromatic rings. The van der Waals surface area contributed by atoms with Crippen LogP contribution in [-0.4, -0.2) is 6.04 Å². The summed E-state index contributed by atoms with van der Waals surface area (Å²) in [6.07, 6.45) is 5.21. The van der Waals surface area contributed by atoms with E-state index in [-0.39, 0.29) is 0 Å². The lowest BCUT2D eigenvalue weighted by molar-refractivity contribution is 0.310. The van der Waals surface area contributed by atoms with Crippen LogP contribution in [0, 0.1) is 11.8 Å². The minimum Gasteiger partial charge on any atom is -0.328 e. The summed E-state index contributed by atoms with van der Waals surface area (Å²) in [6.45, 7) is 8.98. The van der Waals surface area contributed by atoms with Gasteiger partial charge in [-0.2, -0.15) is 0 Å². The van der Waals surface area contributed by atoms with Crippen molar-refractivity contribution in [3.63, 3.8) is 0 Å². The summed E-state index contributed by atoms with van der Waals surface area (Å²) in [5, 5.41) is 0. The third-order valence-electron chi connectivity index (χ3n) is 2.55. The van der Waals surface area contributed by atoms with Crippen molar-refractivity contribution in [2.24, 2.45) is 17.6 Å². The lowest BCUT2D eigenvalue weighted by Gasteiger charge is -2.22. The molecule has 1 nitrogen and oxygen atoms in total. The zero-order valence-electron chi connectivity index (χ0n) is 9.14. The van der Waals surface area contributed by atoms with Crippen molar-refractivity contribution in [3.8, 4) is 0 Å². The maximum absolute atomic E-state index is 5.80. The maximum Gasteiger partial charge on any atom is 0.00132 e. The molecule has 2 atom stereocenters. The molecule has 74 valence electrons. The highest BCUT2D eigenvalue weighted by molar-refractivity contribution is 4.67. The molecule has 2 N–H and O–H groups in total. The molecule has 0 fully saturated rings. The topological polar surface area (TPSA) is 26.0 Å². The fraction of sp³-hybridized carbons (Fsp3) is 1.00. The molecule has 0 aliphatic rings. The number of hydrogen-bond donors (Lipinski definition) is 1. The molecule has 0 aliphatic carbocycles. The predicted octanol–water partition coefficient (Wildman–Crippen LogP) is 3.19. The molecule has 0 spiro atoms. The summed E-state index contributed by atoms with van der Waals surface area (Å²) < 4.78 is 0. The average molecular weight is 171 g/mol. The molecule has 0 radical (unpaired) electrons. The van der Waals surface area contributed by atoms with Crippen LogP contribution in [0.4, 0.5) is 0 Å². The van der Waals surface area contributed by atoms with Crippen LogP contribution >= 0.6 is 0 Å². The molecular weight excluding hydrogens is 146 g/mol. The summed E-state index contributed by atoms with van der Waals surface area (Å²) in [5.41, 5.74) is 5.80. The van der Waals surface area contributed by atoms with Crippen LogP contribution in [0.2, 0.25) is 0 Å². The molecule has 0 aromatic heterocycles. The molecule has 0 heterocycles. The van der Waals surface area contributed by atoms with Crippen molar-refractivity contribution < 1.29 is 0 Å². The van der Waals surface area contributed by atoms with Gasteiger partial charge in [0.25, 0.3) is 0 Å². The number of nitrogens with two attached hydrogens (primary N) is 1. The Morgan fingerprint density at radius 1 is 1.17 bits per heavy atom. The predicted molar refractivity (Wildman–Crippen MR) is 56.1 cm³/mol. The quantitative estimate of drug-likeness (QED) is 0.652. The van der Waals surface area contributed by atoms with Gasteiger partial charge < -0.3 is 5.73 Å². The molecule has 0 saturated carbocycles. The minimum atomic E-state index is 0.370. The fourth-order valence-electron chi connectivity index (χ4n) is 1.67. The Bertz CT molecular complexity index is 97.2. The molecule has 1 heteroatoms. The van der Waals surface area contributed by atoms with Crippen molar-refractivity contribution in [1.29, 1.82) is 0 Å². The lowest BCUT2D eigenvalue weighted by atomic mass is 9.86. The highest BCUT2D eigenvalue weighted by Gasteiger charge is 2.13. The standard InChI is InChI=1S/C11H25N/c1-5-6-7-11(9(2)3)8-10(4)12/h9-11H,5-8,12H2,1-4H3. The van der Waals surface area contributed by atoms with Crippen LogP contribution in [0.15, 0.2) is 0 Å².